The van der Waals surface area contributed by atoms with Gasteiger partial charge in [0.05, 0.1) is 19.2 Å². The zero-order valence-corrected chi connectivity index (χ0v) is 12.0. The highest BCUT2D eigenvalue weighted by molar-refractivity contribution is 5.83. The Kier molecular flexibility index (Phi) is 5.39. The van der Waals surface area contributed by atoms with Gasteiger partial charge >= 0.3 is 12.0 Å². The topological polar surface area (TPSA) is 103 Å². The van der Waals surface area contributed by atoms with Gasteiger partial charge in [0.2, 0.25) is 0 Å². The molecule has 0 radical (unpaired) electrons. The van der Waals surface area contributed by atoms with Crippen LogP contribution in [0.3, 0.4) is 0 Å². The summed E-state index contributed by atoms with van der Waals surface area (Å²) in [7, 11) is 0. The maximum atomic E-state index is 12.2. The molecule has 1 aliphatic carbocycles. The summed E-state index contributed by atoms with van der Waals surface area (Å²) in [5.74, 6) is -0.992. The number of morpholine rings is 1. The molecule has 116 valence electrons. The minimum atomic E-state index is -0.986. The molecule has 2 N–H and O–H groups in total. The molecule has 7 nitrogen and oxygen atoms in total. The summed E-state index contributed by atoms with van der Waals surface area (Å²) in [6.07, 6.45) is 4.19. The molecule has 0 spiro atoms. The fraction of sp³-hybridized carbons (Fsp3) is 0.786. The number of hydrogen-bond donors (Lipinski definition) is 2. The Balaban J connectivity index is 1.94. The molecule has 2 rings (SSSR count). The van der Waals surface area contributed by atoms with Gasteiger partial charge in [-0.3, -0.25) is 0 Å². The number of ether oxygens (including phenoxy) is 1. The highest BCUT2D eigenvalue weighted by atomic mass is 16.5. The number of aliphatic carboxylic acids is 1. The largest absolute Gasteiger partial charge is 0.480 e. The standard InChI is InChI=1S/C14H21N3O4/c15-8-11-9-17(6-7-21-11)14(20)16-12(13(18)19)10-4-2-1-3-5-10/h10-12H,1-7,9H2,(H,16,20)(H,18,19). The SMILES string of the molecule is N#CC1CN(C(=O)NC(C(=O)O)C2CCCCC2)CCO1. The number of nitrogens with one attached hydrogen (secondary N) is 1. The first-order chi connectivity index (χ1) is 10.1. The summed E-state index contributed by atoms with van der Waals surface area (Å²) in [6, 6.07) is 0.702. The number of carbonyl (C=O) groups excluding carboxylic acids is 1. The Morgan fingerprint density at radius 1 is 1.33 bits per heavy atom. The van der Waals surface area contributed by atoms with E-state index >= 15 is 0 Å². The number of rotatable bonds is 3. The number of nitriles is 1. The summed E-state index contributed by atoms with van der Waals surface area (Å²) < 4.78 is 5.18. The molecule has 7 heteroatoms. The summed E-state index contributed by atoms with van der Waals surface area (Å²) in [4.78, 5) is 25.1. The average Bonchev–Trinajstić information content (AvgIpc) is 2.53. The third-order valence-electron chi connectivity index (χ3n) is 4.16. The van der Waals surface area contributed by atoms with Gasteiger partial charge in [0.15, 0.2) is 6.10 Å². The first kappa shape index (κ1) is 15.6. The van der Waals surface area contributed by atoms with E-state index in [-0.39, 0.29) is 12.5 Å². The lowest BCUT2D eigenvalue weighted by Gasteiger charge is -2.33. The van der Waals surface area contributed by atoms with Gasteiger partial charge in [-0.1, -0.05) is 19.3 Å². The molecule has 0 aromatic rings. The van der Waals surface area contributed by atoms with Crippen LogP contribution in [0.5, 0.6) is 0 Å². The van der Waals surface area contributed by atoms with E-state index in [4.69, 9.17) is 10.00 Å². The van der Waals surface area contributed by atoms with Crippen molar-refractivity contribution >= 4 is 12.0 Å². The van der Waals surface area contributed by atoms with Crippen molar-refractivity contribution in [3.63, 3.8) is 0 Å². The summed E-state index contributed by atoms with van der Waals surface area (Å²) in [5.41, 5.74) is 0. The lowest BCUT2D eigenvalue weighted by Crippen LogP contribution is -2.55. The van der Waals surface area contributed by atoms with Crippen LogP contribution in [0.25, 0.3) is 0 Å². The van der Waals surface area contributed by atoms with Crippen molar-refractivity contribution in [2.24, 2.45) is 5.92 Å². The van der Waals surface area contributed by atoms with Crippen LogP contribution >= 0.6 is 0 Å². The van der Waals surface area contributed by atoms with E-state index in [0.717, 1.165) is 32.1 Å². The number of nitrogens with zero attached hydrogens (tertiary/aromatic N) is 2. The van der Waals surface area contributed by atoms with Crippen molar-refractivity contribution in [1.29, 1.82) is 5.26 Å². The van der Waals surface area contributed by atoms with E-state index in [1.54, 1.807) is 0 Å². The van der Waals surface area contributed by atoms with E-state index in [0.29, 0.717) is 13.2 Å². The Hall–Kier alpha value is -1.81. The average molecular weight is 295 g/mol. The lowest BCUT2D eigenvalue weighted by molar-refractivity contribution is -0.141. The molecule has 1 aliphatic heterocycles. The molecular weight excluding hydrogens is 274 g/mol. The number of amides is 2. The van der Waals surface area contributed by atoms with Crippen LogP contribution < -0.4 is 5.32 Å². The molecule has 2 fully saturated rings. The quantitative estimate of drug-likeness (QED) is 0.807. The van der Waals surface area contributed by atoms with E-state index in [1.165, 1.54) is 4.90 Å². The molecule has 21 heavy (non-hydrogen) atoms. The Morgan fingerprint density at radius 2 is 2.05 bits per heavy atom. The Bertz CT molecular complexity index is 428. The molecule has 0 aromatic carbocycles. The molecule has 0 bridgehead atoms. The Labute approximate surface area is 123 Å². The van der Waals surface area contributed by atoms with Crippen LogP contribution in [0.15, 0.2) is 0 Å². The normalized spacial score (nSPS) is 24.9. The van der Waals surface area contributed by atoms with Crippen molar-refractivity contribution in [1.82, 2.24) is 10.2 Å². The predicted octanol–water partition coefficient (Wildman–Crippen LogP) is 0.954. The number of carboxylic acids is 1. The van der Waals surface area contributed by atoms with Crippen LogP contribution in [0.2, 0.25) is 0 Å². The van der Waals surface area contributed by atoms with Gasteiger partial charge in [-0.2, -0.15) is 5.26 Å². The minimum absolute atomic E-state index is 0.00648. The molecule has 1 saturated carbocycles. The van der Waals surface area contributed by atoms with Crippen LogP contribution in [0.1, 0.15) is 32.1 Å². The van der Waals surface area contributed by atoms with Crippen molar-refractivity contribution in [3.05, 3.63) is 0 Å². The van der Waals surface area contributed by atoms with E-state index in [1.807, 2.05) is 6.07 Å². The van der Waals surface area contributed by atoms with Crippen molar-refractivity contribution in [2.45, 2.75) is 44.2 Å². The first-order valence-corrected chi connectivity index (χ1v) is 7.41. The Morgan fingerprint density at radius 3 is 2.67 bits per heavy atom. The van der Waals surface area contributed by atoms with Crippen molar-refractivity contribution < 1.29 is 19.4 Å². The third kappa shape index (κ3) is 4.08. The molecule has 2 amide bonds. The number of urea groups is 1. The molecule has 2 aliphatic rings. The second kappa shape index (κ2) is 7.27. The van der Waals surface area contributed by atoms with E-state index in [9.17, 15) is 14.7 Å². The van der Waals surface area contributed by atoms with Gasteiger partial charge in [0.1, 0.15) is 6.04 Å². The summed E-state index contributed by atoms with van der Waals surface area (Å²) in [6.45, 7) is 0.854. The summed E-state index contributed by atoms with van der Waals surface area (Å²) >= 11 is 0. The van der Waals surface area contributed by atoms with Crippen molar-refractivity contribution in [2.75, 3.05) is 19.7 Å². The molecule has 1 saturated heterocycles. The fourth-order valence-corrected chi connectivity index (χ4v) is 2.98. The van der Waals surface area contributed by atoms with Gasteiger partial charge in [-0.05, 0) is 18.8 Å². The van der Waals surface area contributed by atoms with Crippen LogP contribution in [-0.2, 0) is 9.53 Å². The maximum Gasteiger partial charge on any atom is 0.326 e. The van der Waals surface area contributed by atoms with E-state index in [2.05, 4.69) is 5.32 Å². The van der Waals surface area contributed by atoms with Gasteiger partial charge in [0.25, 0.3) is 0 Å². The third-order valence-corrected chi connectivity index (χ3v) is 4.16. The minimum Gasteiger partial charge on any atom is -0.480 e. The highest BCUT2D eigenvalue weighted by Crippen LogP contribution is 2.26. The monoisotopic (exact) mass is 295 g/mol. The van der Waals surface area contributed by atoms with Crippen LogP contribution in [0, 0.1) is 17.2 Å². The number of hydrogen-bond acceptors (Lipinski definition) is 4. The zero-order valence-electron chi connectivity index (χ0n) is 12.0. The first-order valence-electron chi connectivity index (χ1n) is 7.41. The van der Waals surface area contributed by atoms with Gasteiger partial charge in [-0.25, -0.2) is 9.59 Å². The molecular formula is C14H21N3O4. The smallest absolute Gasteiger partial charge is 0.326 e. The van der Waals surface area contributed by atoms with Gasteiger partial charge in [-0.15, -0.1) is 0 Å². The van der Waals surface area contributed by atoms with Gasteiger partial charge in [0, 0.05) is 6.54 Å². The fourth-order valence-electron chi connectivity index (χ4n) is 2.98. The van der Waals surface area contributed by atoms with E-state index < -0.39 is 24.1 Å². The van der Waals surface area contributed by atoms with Crippen LogP contribution in [-0.4, -0.2) is 53.8 Å². The van der Waals surface area contributed by atoms with Crippen LogP contribution in [0.4, 0.5) is 4.79 Å². The molecule has 2 unspecified atom stereocenters. The highest BCUT2D eigenvalue weighted by Gasteiger charge is 2.33. The number of carboxylic acid groups (broad SMARTS) is 1. The second-order valence-corrected chi connectivity index (χ2v) is 5.60. The summed E-state index contributed by atoms with van der Waals surface area (Å²) in [5, 5.41) is 20.8. The lowest BCUT2D eigenvalue weighted by atomic mass is 9.84. The molecule has 0 aromatic heterocycles. The molecule has 1 heterocycles. The molecule has 2 atom stereocenters. The zero-order chi connectivity index (χ0) is 15.2. The van der Waals surface area contributed by atoms with Crippen molar-refractivity contribution in [3.8, 4) is 6.07 Å². The predicted molar refractivity (Wildman–Crippen MR) is 73.5 cm³/mol. The maximum absolute atomic E-state index is 12.2. The second-order valence-electron chi connectivity index (χ2n) is 5.60. The number of carbonyl (C=O) groups is 2. The van der Waals surface area contributed by atoms with Gasteiger partial charge < -0.3 is 20.1 Å².